The first-order valence-electron chi connectivity index (χ1n) is 5.34. The van der Waals surface area contributed by atoms with Crippen LogP contribution in [0.25, 0.3) is 11.3 Å². The summed E-state index contributed by atoms with van der Waals surface area (Å²) in [5.74, 6) is 0.212. The van der Waals surface area contributed by atoms with Crippen LogP contribution in [0.15, 0.2) is 33.3 Å². The second kappa shape index (κ2) is 4.31. The van der Waals surface area contributed by atoms with E-state index in [9.17, 15) is 5.11 Å². The molecule has 2 rings (SSSR count). The third-order valence-corrected chi connectivity index (χ3v) is 4.69. The number of aromatic nitrogens is 1. The van der Waals surface area contributed by atoms with Crippen LogP contribution >= 0.6 is 15.9 Å². The molecule has 0 amide bonds. The molecule has 3 nitrogen and oxygen atoms in total. The van der Waals surface area contributed by atoms with E-state index in [0.29, 0.717) is 11.3 Å². The van der Waals surface area contributed by atoms with Crippen molar-refractivity contribution in [3.05, 3.63) is 28.7 Å². The number of hydrogen-bond donors (Lipinski definition) is 1. The Morgan fingerprint density at radius 1 is 1.24 bits per heavy atom. The molecule has 5 heteroatoms. The minimum atomic E-state index is -1.50. The molecule has 0 spiro atoms. The lowest BCUT2D eigenvalue weighted by Gasteiger charge is -2.08. The van der Waals surface area contributed by atoms with Crippen molar-refractivity contribution in [2.45, 2.75) is 19.6 Å². The number of rotatable bonds is 2. The van der Waals surface area contributed by atoms with E-state index >= 15 is 0 Å². The highest BCUT2D eigenvalue weighted by Crippen LogP contribution is 2.30. The molecule has 0 saturated carbocycles. The van der Waals surface area contributed by atoms with Gasteiger partial charge in [-0.3, -0.25) is 0 Å². The van der Waals surface area contributed by atoms with Crippen molar-refractivity contribution in [1.82, 2.24) is 5.16 Å². The average Bonchev–Trinajstić information content (AvgIpc) is 2.70. The van der Waals surface area contributed by atoms with Gasteiger partial charge in [-0.1, -0.05) is 40.7 Å². The Morgan fingerprint density at radius 3 is 2.53 bits per heavy atom. The molecule has 0 radical (unpaired) electrons. The quantitative estimate of drug-likeness (QED) is 0.865. The fourth-order valence-electron chi connectivity index (χ4n) is 1.47. The lowest BCUT2D eigenvalue weighted by molar-refractivity contribution is 0.443. The standard InChI is InChI=1S/C12H14BrNO2Si/c1-17(2,3)12-7-10(14-16-12)9-6-8(13)4-5-11(9)15/h4-7,15H,1-3H3. The molecular weight excluding hydrogens is 298 g/mol. The zero-order chi connectivity index (χ0) is 12.6. The summed E-state index contributed by atoms with van der Waals surface area (Å²) in [7, 11) is -1.50. The predicted octanol–water partition coefficient (Wildman–Crippen LogP) is 3.35. The summed E-state index contributed by atoms with van der Waals surface area (Å²) >= 11 is 3.38. The van der Waals surface area contributed by atoms with Crippen molar-refractivity contribution in [3.8, 4) is 17.0 Å². The molecule has 0 aliphatic heterocycles. The highest BCUT2D eigenvalue weighted by atomic mass is 79.9. The summed E-state index contributed by atoms with van der Waals surface area (Å²) in [6.07, 6.45) is 0. The fourth-order valence-corrected chi connectivity index (χ4v) is 2.72. The molecule has 1 heterocycles. The van der Waals surface area contributed by atoms with Gasteiger partial charge in [-0.2, -0.15) is 0 Å². The van der Waals surface area contributed by atoms with Gasteiger partial charge in [0.05, 0.1) is 0 Å². The predicted molar refractivity (Wildman–Crippen MR) is 74.3 cm³/mol. The Labute approximate surface area is 110 Å². The molecule has 90 valence electrons. The molecule has 2 aromatic rings. The second-order valence-corrected chi connectivity index (χ2v) is 10.9. The minimum absolute atomic E-state index is 0.212. The summed E-state index contributed by atoms with van der Waals surface area (Å²) in [6.45, 7) is 6.58. The Balaban J connectivity index is 2.47. The molecule has 1 aromatic carbocycles. The van der Waals surface area contributed by atoms with Crippen molar-refractivity contribution >= 4 is 29.4 Å². The van der Waals surface area contributed by atoms with Gasteiger partial charge in [0.25, 0.3) is 0 Å². The van der Waals surface area contributed by atoms with Crippen LogP contribution in [0.1, 0.15) is 0 Å². The van der Waals surface area contributed by atoms with Gasteiger partial charge in [0.2, 0.25) is 0 Å². The first-order valence-corrected chi connectivity index (χ1v) is 9.63. The molecule has 0 aliphatic carbocycles. The number of phenols is 1. The van der Waals surface area contributed by atoms with E-state index in [4.69, 9.17) is 4.52 Å². The van der Waals surface area contributed by atoms with Crippen LogP contribution in [-0.4, -0.2) is 18.3 Å². The summed E-state index contributed by atoms with van der Waals surface area (Å²) in [4.78, 5) is 0. The third kappa shape index (κ3) is 2.61. The van der Waals surface area contributed by atoms with Gasteiger partial charge in [0, 0.05) is 16.1 Å². The smallest absolute Gasteiger partial charge is 0.127 e. The van der Waals surface area contributed by atoms with Crippen molar-refractivity contribution in [2.24, 2.45) is 0 Å². The Bertz CT molecular complexity index is 546. The SMILES string of the molecule is C[Si](C)(C)c1cc(-c2cc(Br)ccc2O)no1. The van der Waals surface area contributed by atoms with Crippen LogP contribution in [0.2, 0.25) is 19.6 Å². The number of phenolic OH excluding ortho intramolecular Hbond substituents is 1. The molecule has 1 N–H and O–H groups in total. The second-order valence-electron chi connectivity index (χ2n) is 4.99. The van der Waals surface area contributed by atoms with Crippen molar-refractivity contribution < 1.29 is 9.63 Å². The summed E-state index contributed by atoms with van der Waals surface area (Å²) in [5.41, 5.74) is 1.37. The molecule has 0 saturated heterocycles. The Kier molecular flexibility index (Phi) is 3.14. The Hall–Kier alpha value is -1.07. The highest BCUT2D eigenvalue weighted by molar-refractivity contribution is 9.10. The van der Waals surface area contributed by atoms with Crippen LogP contribution < -0.4 is 5.38 Å². The number of nitrogens with zero attached hydrogens (tertiary/aromatic N) is 1. The largest absolute Gasteiger partial charge is 0.507 e. The van der Waals surface area contributed by atoms with E-state index in [1.54, 1.807) is 12.1 Å². The number of aromatic hydroxyl groups is 1. The van der Waals surface area contributed by atoms with E-state index in [1.165, 1.54) is 0 Å². The lowest BCUT2D eigenvalue weighted by atomic mass is 10.1. The first-order chi connectivity index (χ1) is 7.88. The van der Waals surface area contributed by atoms with Gasteiger partial charge in [-0.15, -0.1) is 0 Å². The first kappa shape index (κ1) is 12.4. The van der Waals surface area contributed by atoms with Gasteiger partial charge >= 0.3 is 0 Å². The normalized spacial score (nSPS) is 11.8. The van der Waals surface area contributed by atoms with E-state index < -0.39 is 8.07 Å². The van der Waals surface area contributed by atoms with Gasteiger partial charge in [-0.05, 0) is 18.2 Å². The van der Waals surface area contributed by atoms with E-state index in [2.05, 4.69) is 40.7 Å². The van der Waals surface area contributed by atoms with Gasteiger partial charge in [0.1, 0.15) is 24.9 Å². The van der Waals surface area contributed by atoms with Gasteiger partial charge in [-0.25, -0.2) is 0 Å². The van der Waals surface area contributed by atoms with Crippen LogP contribution in [0.5, 0.6) is 5.75 Å². The van der Waals surface area contributed by atoms with Gasteiger partial charge in [0.15, 0.2) is 0 Å². The fraction of sp³-hybridized carbons (Fsp3) is 0.250. The Morgan fingerprint density at radius 2 is 1.94 bits per heavy atom. The monoisotopic (exact) mass is 311 g/mol. The third-order valence-electron chi connectivity index (χ3n) is 2.48. The van der Waals surface area contributed by atoms with E-state index in [-0.39, 0.29) is 5.75 Å². The number of hydrogen-bond acceptors (Lipinski definition) is 3. The highest BCUT2D eigenvalue weighted by Gasteiger charge is 2.23. The molecule has 0 aliphatic rings. The van der Waals surface area contributed by atoms with Gasteiger partial charge < -0.3 is 9.63 Å². The van der Waals surface area contributed by atoms with Crippen LogP contribution in [-0.2, 0) is 0 Å². The van der Waals surface area contributed by atoms with Crippen molar-refractivity contribution in [3.63, 3.8) is 0 Å². The average molecular weight is 312 g/mol. The molecule has 0 bridgehead atoms. The number of halogens is 1. The molecule has 0 atom stereocenters. The zero-order valence-corrected chi connectivity index (χ0v) is 12.6. The molecule has 17 heavy (non-hydrogen) atoms. The maximum absolute atomic E-state index is 9.81. The summed E-state index contributed by atoms with van der Waals surface area (Å²) in [6, 6.07) is 7.19. The summed E-state index contributed by atoms with van der Waals surface area (Å²) < 4.78 is 6.27. The molecule has 1 aromatic heterocycles. The maximum Gasteiger partial charge on any atom is 0.127 e. The summed E-state index contributed by atoms with van der Waals surface area (Å²) in [5, 5.41) is 14.8. The van der Waals surface area contributed by atoms with Crippen LogP contribution in [0.3, 0.4) is 0 Å². The van der Waals surface area contributed by atoms with E-state index in [0.717, 1.165) is 9.86 Å². The molecule has 0 fully saturated rings. The van der Waals surface area contributed by atoms with Crippen molar-refractivity contribution in [2.75, 3.05) is 0 Å². The van der Waals surface area contributed by atoms with Crippen LogP contribution in [0, 0.1) is 0 Å². The number of benzene rings is 1. The maximum atomic E-state index is 9.81. The van der Waals surface area contributed by atoms with Crippen molar-refractivity contribution in [1.29, 1.82) is 0 Å². The van der Waals surface area contributed by atoms with E-state index in [1.807, 2.05) is 12.1 Å². The zero-order valence-electron chi connectivity index (χ0n) is 9.99. The lowest BCUT2D eigenvalue weighted by Crippen LogP contribution is -2.36. The topological polar surface area (TPSA) is 46.3 Å². The molecule has 0 unspecified atom stereocenters. The minimum Gasteiger partial charge on any atom is -0.507 e. The van der Waals surface area contributed by atoms with Crippen LogP contribution in [0.4, 0.5) is 0 Å². The molecular formula is C12H14BrNO2Si.